The van der Waals surface area contributed by atoms with Crippen LogP contribution in [0.15, 0.2) is 30.3 Å². The Bertz CT molecular complexity index is 867. The fourth-order valence-electron chi connectivity index (χ4n) is 4.77. The summed E-state index contributed by atoms with van der Waals surface area (Å²) < 4.78 is 10.8. The van der Waals surface area contributed by atoms with Crippen LogP contribution in [0.4, 0.5) is 4.79 Å². The summed E-state index contributed by atoms with van der Waals surface area (Å²) in [5, 5.41) is 6.45. The van der Waals surface area contributed by atoms with Crippen LogP contribution >= 0.6 is 0 Å². The van der Waals surface area contributed by atoms with Crippen LogP contribution in [0.25, 0.3) is 0 Å². The van der Waals surface area contributed by atoms with Gasteiger partial charge in [0.15, 0.2) is 0 Å². The van der Waals surface area contributed by atoms with Crippen molar-refractivity contribution in [3.8, 4) is 0 Å². The highest BCUT2D eigenvalue weighted by atomic mass is 16.6. The lowest BCUT2D eigenvalue weighted by molar-refractivity contribution is -0.176. The number of carbonyl (C=O) groups excluding carboxylic acids is 3. The van der Waals surface area contributed by atoms with Gasteiger partial charge in [0.05, 0.1) is 6.61 Å². The van der Waals surface area contributed by atoms with Crippen LogP contribution in [0, 0.1) is 5.92 Å². The van der Waals surface area contributed by atoms with E-state index in [-0.39, 0.29) is 24.5 Å². The van der Waals surface area contributed by atoms with Gasteiger partial charge in [-0.2, -0.15) is 0 Å². The molecule has 1 unspecified atom stereocenters. The first-order valence-corrected chi connectivity index (χ1v) is 11.8. The SMILES string of the molecule is CCOC(=O)[C@@H]1CC(C(C)C)N2CC[C@](Cc3ccccc3)(NC(=O)OC(C)(C)C)C(=O)N12. The van der Waals surface area contributed by atoms with Crippen molar-refractivity contribution in [3.63, 3.8) is 0 Å². The summed E-state index contributed by atoms with van der Waals surface area (Å²) in [5.74, 6) is -0.461. The molecule has 8 nitrogen and oxygen atoms in total. The maximum absolute atomic E-state index is 14.1. The molecule has 3 rings (SSSR count). The molecule has 0 aliphatic carbocycles. The summed E-state index contributed by atoms with van der Waals surface area (Å²) in [7, 11) is 0. The van der Waals surface area contributed by atoms with Crippen molar-refractivity contribution in [1.29, 1.82) is 0 Å². The molecule has 2 aliphatic rings. The first kappa shape index (κ1) is 25.0. The molecule has 1 aromatic rings. The molecule has 2 heterocycles. The van der Waals surface area contributed by atoms with Gasteiger partial charge in [-0.15, -0.1) is 0 Å². The molecule has 1 N–H and O–H groups in total. The monoisotopic (exact) mass is 459 g/mol. The minimum absolute atomic E-state index is 0.0413. The van der Waals surface area contributed by atoms with E-state index in [4.69, 9.17) is 9.47 Å². The largest absolute Gasteiger partial charge is 0.464 e. The first-order valence-electron chi connectivity index (χ1n) is 11.8. The minimum Gasteiger partial charge on any atom is -0.464 e. The van der Waals surface area contributed by atoms with Gasteiger partial charge in [-0.3, -0.25) is 9.80 Å². The van der Waals surface area contributed by atoms with Gasteiger partial charge >= 0.3 is 12.1 Å². The van der Waals surface area contributed by atoms with E-state index in [1.54, 1.807) is 32.7 Å². The predicted octanol–water partition coefficient (Wildman–Crippen LogP) is 3.30. The quantitative estimate of drug-likeness (QED) is 0.657. The van der Waals surface area contributed by atoms with Gasteiger partial charge in [0, 0.05) is 19.0 Å². The van der Waals surface area contributed by atoms with E-state index in [9.17, 15) is 14.4 Å². The second-order valence-corrected chi connectivity index (χ2v) is 10.2. The molecule has 182 valence electrons. The highest BCUT2D eigenvalue weighted by molar-refractivity contribution is 5.94. The van der Waals surface area contributed by atoms with Crippen LogP contribution < -0.4 is 5.32 Å². The summed E-state index contributed by atoms with van der Waals surface area (Å²) in [6.07, 6.45) is 0.580. The van der Waals surface area contributed by atoms with Crippen LogP contribution in [0.5, 0.6) is 0 Å². The summed E-state index contributed by atoms with van der Waals surface area (Å²) in [4.78, 5) is 39.8. The topological polar surface area (TPSA) is 88.2 Å². The third-order valence-electron chi connectivity index (χ3n) is 6.22. The lowest BCUT2D eigenvalue weighted by atomic mass is 9.84. The second kappa shape index (κ2) is 9.71. The van der Waals surface area contributed by atoms with Crippen LogP contribution in [0.1, 0.15) is 59.9 Å². The fraction of sp³-hybridized carbons (Fsp3) is 0.640. The number of alkyl carbamates (subject to hydrolysis) is 1. The number of benzene rings is 1. The molecule has 0 bridgehead atoms. The lowest BCUT2D eigenvalue weighted by Gasteiger charge is -2.47. The molecule has 2 aliphatic heterocycles. The van der Waals surface area contributed by atoms with Gasteiger partial charge in [0.1, 0.15) is 17.2 Å². The number of esters is 1. The number of fused-ring (bicyclic) bond motifs is 1. The number of nitrogens with zero attached hydrogens (tertiary/aromatic N) is 2. The number of hydrazine groups is 1. The molecular formula is C25H37N3O5. The van der Waals surface area contributed by atoms with Gasteiger partial charge < -0.3 is 14.8 Å². The van der Waals surface area contributed by atoms with Gasteiger partial charge in [-0.1, -0.05) is 44.2 Å². The summed E-state index contributed by atoms with van der Waals surface area (Å²) in [5.41, 5.74) is -1.01. The number of nitrogens with one attached hydrogen (secondary N) is 1. The maximum Gasteiger partial charge on any atom is 0.408 e. The summed E-state index contributed by atoms with van der Waals surface area (Å²) in [6.45, 7) is 12.1. The Morgan fingerprint density at radius 3 is 2.45 bits per heavy atom. The van der Waals surface area contributed by atoms with Crippen LogP contribution in [-0.4, -0.2) is 64.4 Å². The molecule has 33 heavy (non-hydrogen) atoms. The second-order valence-electron chi connectivity index (χ2n) is 10.2. The van der Waals surface area contributed by atoms with E-state index < -0.39 is 29.2 Å². The van der Waals surface area contributed by atoms with Gasteiger partial charge in [0.25, 0.3) is 5.91 Å². The minimum atomic E-state index is -1.23. The van der Waals surface area contributed by atoms with Gasteiger partial charge in [-0.05, 0) is 52.0 Å². The third kappa shape index (κ3) is 5.49. The van der Waals surface area contributed by atoms with Crippen molar-refractivity contribution >= 4 is 18.0 Å². The molecular weight excluding hydrogens is 422 g/mol. The van der Waals surface area contributed by atoms with Crippen molar-refractivity contribution in [2.45, 2.75) is 84.0 Å². The van der Waals surface area contributed by atoms with E-state index in [2.05, 4.69) is 19.2 Å². The number of amides is 2. The molecule has 0 radical (unpaired) electrons. The normalized spacial score (nSPS) is 25.7. The van der Waals surface area contributed by atoms with E-state index in [1.165, 1.54) is 0 Å². The van der Waals surface area contributed by atoms with Crippen molar-refractivity contribution in [2.75, 3.05) is 13.2 Å². The molecule has 0 saturated carbocycles. The van der Waals surface area contributed by atoms with Crippen molar-refractivity contribution < 1.29 is 23.9 Å². The maximum atomic E-state index is 14.1. The Balaban J connectivity index is 1.98. The highest BCUT2D eigenvalue weighted by Gasteiger charge is 2.57. The molecule has 8 heteroatoms. The summed E-state index contributed by atoms with van der Waals surface area (Å²) in [6, 6.07) is 8.92. The number of hydrogen-bond donors (Lipinski definition) is 1. The number of rotatable bonds is 6. The predicted molar refractivity (Wildman–Crippen MR) is 124 cm³/mol. The molecule has 3 atom stereocenters. The average molecular weight is 460 g/mol. The zero-order valence-electron chi connectivity index (χ0n) is 20.6. The smallest absolute Gasteiger partial charge is 0.408 e. The van der Waals surface area contributed by atoms with Gasteiger partial charge in [-0.25, -0.2) is 14.6 Å². The van der Waals surface area contributed by atoms with Crippen molar-refractivity contribution in [2.24, 2.45) is 5.92 Å². The third-order valence-corrected chi connectivity index (χ3v) is 6.22. The van der Waals surface area contributed by atoms with Crippen molar-refractivity contribution in [3.05, 3.63) is 35.9 Å². The number of ether oxygens (including phenoxy) is 2. The Morgan fingerprint density at radius 1 is 1.21 bits per heavy atom. The zero-order valence-corrected chi connectivity index (χ0v) is 20.6. The highest BCUT2D eigenvalue weighted by Crippen LogP contribution is 2.38. The van der Waals surface area contributed by atoms with Crippen molar-refractivity contribution in [1.82, 2.24) is 15.3 Å². The Kier molecular flexibility index (Phi) is 7.36. The molecule has 0 spiro atoms. The zero-order chi connectivity index (χ0) is 24.4. The number of hydrogen-bond acceptors (Lipinski definition) is 6. The van der Waals surface area contributed by atoms with Crippen LogP contribution in [0.2, 0.25) is 0 Å². The average Bonchev–Trinajstić information content (AvgIpc) is 3.11. The summed E-state index contributed by atoms with van der Waals surface area (Å²) >= 11 is 0. The van der Waals surface area contributed by atoms with Crippen LogP contribution in [-0.2, 0) is 25.5 Å². The first-order chi connectivity index (χ1) is 15.5. The van der Waals surface area contributed by atoms with E-state index >= 15 is 0 Å². The van der Waals surface area contributed by atoms with Crippen LogP contribution in [0.3, 0.4) is 0 Å². The molecule has 1 aromatic carbocycles. The molecule has 2 saturated heterocycles. The molecule has 2 amide bonds. The Labute approximate surface area is 196 Å². The van der Waals surface area contributed by atoms with E-state index in [0.29, 0.717) is 25.8 Å². The molecule has 0 aromatic heterocycles. The lowest BCUT2D eigenvalue weighted by Crippen LogP contribution is -2.70. The van der Waals surface area contributed by atoms with E-state index in [1.807, 2.05) is 35.3 Å². The van der Waals surface area contributed by atoms with Gasteiger partial charge in [0.2, 0.25) is 0 Å². The number of carbonyl (C=O) groups is 3. The standard InChI is InChI=1S/C25H37N3O5/c1-7-32-21(29)20-15-19(17(2)3)27-14-13-25(22(30)28(20)27,16-18-11-9-8-10-12-18)26-23(31)33-24(4,5)6/h8-12,17,19-20H,7,13-16H2,1-6H3,(H,26,31)/t19?,20-,25+/m0/s1. The fourth-order valence-corrected chi connectivity index (χ4v) is 4.77. The van der Waals surface area contributed by atoms with E-state index in [0.717, 1.165) is 5.56 Å². The molecule has 2 fully saturated rings. The Morgan fingerprint density at radius 2 is 1.88 bits per heavy atom. The Hall–Kier alpha value is -2.61.